The summed E-state index contributed by atoms with van der Waals surface area (Å²) in [4.78, 5) is 34.9. The molecule has 206 valence electrons. The van der Waals surface area contributed by atoms with Crippen LogP contribution in [0.1, 0.15) is 5.56 Å². The molecule has 13 heteroatoms. The minimum atomic E-state index is -4.80. The number of piperidine rings is 1. The number of likely N-dealkylation sites (tertiary alicyclic amines) is 1. The molecule has 0 spiro atoms. The van der Waals surface area contributed by atoms with Crippen LogP contribution in [-0.2, 0) is 18.4 Å². The molecule has 0 radical (unpaired) electrons. The summed E-state index contributed by atoms with van der Waals surface area (Å²) in [6.07, 6.45) is -2.30. The van der Waals surface area contributed by atoms with E-state index < -0.39 is 12.5 Å². The number of imidazole rings is 1. The number of benzene rings is 1. The highest BCUT2D eigenvalue weighted by Crippen LogP contribution is 2.52. The van der Waals surface area contributed by atoms with E-state index in [1.807, 2.05) is 0 Å². The minimum absolute atomic E-state index is 0.0847. The van der Waals surface area contributed by atoms with Gasteiger partial charge in [-0.25, -0.2) is 9.78 Å². The summed E-state index contributed by atoms with van der Waals surface area (Å²) in [5.41, 5.74) is 0.506. The van der Waals surface area contributed by atoms with Gasteiger partial charge >= 0.3 is 12.5 Å². The molecule has 38 heavy (non-hydrogen) atoms. The number of amides is 1. The van der Waals surface area contributed by atoms with E-state index >= 15 is 0 Å². The predicted octanol–water partition coefficient (Wildman–Crippen LogP) is 3.07. The lowest BCUT2D eigenvalue weighted by Crippen LogP contribution is -2.41. The van der Waals surface area contributed by atoms with E-state index in [-0.39, 0.29) is 23.3 Å². The summed E-state index contributed by atoms with van der Waals surface area (Å²) in [6, 6.07) is 5.64. The van der Waals surface area contributed by atoms with Crippen LogP contribution < -0.4 is 9.47 Å². The smallest absolute Gasteiger partial charge is 0.406 e. The molecule has 2 saturated heterocycles. The Morgan fingerprint density at radius 3 is 2.66 bits per heavy atom. The fraction of sp³-hybridized carbons (Fsp3) is 0.560. The Balaban J connectivity index is 1.18. The third-order valence-corrected chi connectivity index (χ3v) is 8.11. The van der Waals surface area contributed by atoms with E-state index in [0.717, 1.165) is 38.5 Å². The average molecular weight is 554 g/mol. The Bertz CT molecular complexity index is 1150. The number of carbonyl (C=O) groups excluding carboxylic acids is 2. The molecule has 1 saturated carbocycles. The van der Waals surface area contributed by atoms with E-state index in [2.05, 4.69) is 19.5 Å². The van der Waals surface area contributed by atoms with E-state index in [9.17, 15) is 22.8 Å². The van der Waals surface area contributed by atoms with Gasteiger partial charge in [0.1, 0.15) is 5.75 Å². The molecule has 5 rings (SSSR count). The van der Waals surface area contributed by atoms with Crippen LogP contribution in [0.15, 0.2) is 36.8 Å². The van der Waals surface area contributed by atoms with Gasteiger partial charge in [0.05, 0.1) is 19.1 Å². The summed E-state index contributed by atoms with van der Waals surface area (Å²) in [5, 5.41) is 0.230. The topological polar surface area (TPSA) is 80.1 Å². The van der Waals surface area contributed by atoms with Crippen molar-refractivity contribution < 1.29 is 32.2 Å². The second-order valence-electron chi connectivity index (χ2n) is 10.1. The molecule has 1 amide bonds. The van der Waals surface area contributed by atoms with Crippen molar-refractivity contribution >= 4 is 23.0 Å². The summed E-state index contributed by atoms with van der Waals surface area (Å²) < 4.78 is 49.2. The molecule has 3 aliphatic rings. The summed E-state index contributed by atoms with van der Waals surface area (Å²) >= 11 is 1.40. The molecule has 2 atom stereocenters. The molecule has 3 heterocycles. The first-order valence-corrected chi connectivity index (χ1v) is 13.5. The maximum atomic E-state index is 13.1. The number of hydrogen-bond donors (Lipinski definition) is 0. The molecule has 3 fully saturated rings. The number of ether oxygens (including phenoxy) is 2. The molecule has 1 aromatic heterocycles. The average Bonchev–Trinajstić information content (AvgIpc) is 3.15. The van der Waals surface area contributed by atoms with Gasteiger partial charge in [-0.05, 0) is 35.4 Å². The van der Waals surface area contributed by atoms with E-state index in [1.54, 1.807) is 23.9 Å². The molecule has 9 nitrogen and oxygen atoms in total. The Hall–Kier alpha value is -2.77. The largest absolute Gasteiger partial charge is 0.573 e. The molecule has 1 aliphatic carbocycles. The second-order valence-corrected chi connectivity index (χ2v) is 11.2. The number of aryl methyl sites for hydroxylation is 1. The van der Waals surface area contributed by atoms with Crippen LogP contribution in [0.3, 0.4) is 0 Å². The first kappa shape index (κ1) is 26.8. The number of halogens is 3. The zero-order valence-electron chi connectivity index (χ0n) is 21.0. The standard InChI is InChI=1S/C25H30F3N5O4S/c1-30-14-22(29-16-30)36-24(35)33(10-17-3-2-4-18(9-17)37-25(26,27)28)13-21-19-11-32(12-20(19)21)6-5-31-7-8-38-23(34)15-31/h2-4,9,14,16,19-21H,5-8,10-13,15H2,1H3. The van der Waals surface area contributed by atoms with Gasteiger partial charge in [0, 0.05) is 58.6 Å². The fourth-order valence-corrected chi connectivity index (χ4v) is 6.23. The van der Waals surface area contributed by atoms with Crippen molar-refractivity contribution in [2.24, 2.45) is 24.8 Å². The van der Waals surface area contributed by atoms with Gasteiger partial charge in [0.15, 0.2) is 0 Å². The predicted molar refractivity (Wildman–Crippen MR) is 134 cm³/mol. The number of fused-ring (bicyclic) bond motifs is 1. The molecule has 0 N–H and O–H groups in total. The van der Waals surface area contributed by atoms with Crippen molar-refractivity contribution in [2.45, 2.75) is 12.9 Å². The van der Waals surface area contributed by atoms with Crippen molar-refractivity contribution in [2.75, 3.05) is 51.6 Å². The number of thioether (sulfide) groups is 1. The van der Waals surface area contributed by atoms with Crippen LogP contribution >= 0.6 is 11.8 Å². The lowest BCUT2D eigenvalue weighted by Gasteiger charge is -2.28. The third kappa shape index (κ3) is 7.00. The Morgan fingerprint density at radius 1 is 1.21 bits per heavy atom. The molecule has 0 bridgehead atoms. The van der Waals surface area contributed by atoms with Gasteiger partial charge < -0.3 is 23.8 Å². The molecule has 2 unspecified atom stereocenters. The van der Waals surface area contributed by atoms with Gasteiger partial charge in [-0.3, -0.25) is 9.69 Å². The maximum absolute atomic E-state index is 13.1. The highest BCUT2D eigenvalue weighted by atomic mass is 32.2. The van der Waals surface area contributed by atoms with Crippen molar-refractivity contribution in [3.05, 3.63) is 42.4 Å². The van der Waals surface area contributed by atoms with Crippen LogP contribution in [0, 0.1) is 17.8 Å². The normalized spacial score (nSPS) is 23.8. The van der Waals surface area contributed by atoms with Gasteiger partial charge in [-0.1, -0.05) is 23.9 Å². The van der Waals surface area contributed by atoms with Crippen LogP contribution in [0.25, 0.3) is 0 Å². The van der Waals surface area contributed by atoms with Crippen molar-refractivity contribution in [3.8, 4) is 11.6 Å². The number of rotatable bonds is 9. The van der Waals surface area contributed by atoms with Gasteiger partial charge in [0.2, 0.25) is 11.0 Å². The van der Waals surface area contributed by atoms with Crippen molar-refractivity contribution in [1.29, 1.82) is 0 Å². The Morgan fingerprint density at radius 2 is 1.97 bits per heavy atom. The van der Waals surface area contributed by atoms with Crippen LogP contribution in [0.5, 0.6) is 11.6 Å². The molecule has 2 aromatic rings. The summed E-state index contributed by atoms with van der Waals surface area (Å²) in [5.74, 6) is 1.89. The van der Waals surface area contributed by atoms with Crippen LogP contribution in [0.4, 0.5) is 18.0 Å². The first-order chi connectivity index (χ1) is 18.1. The number of alkyl halides is 3. The lowest BCUT2D eigenvalue weighted by molar-refractivity contribution is -0.274. The number of aromatic nitrogens is 2. The van der Waals surface area contributed by atoms with Crippen molar-refractivity contribution in [3.63, 3.8) is 0 Å². The Kier molecular flexibility index (Phi) is 7.87. The van der Waals surface area contributed by atoms with Crippen molar-refractivity contribution in [1.82, 2.24) is 24.3 Å². The fourth-order valence-electron chi connectivity index (χ4n) is 5.37. The van der Waals surface area contributed by atoms with E-state index in [4.69, 9.17) is 4.74 Å². The number of nitrogens with zero attached hydrogens (tertiary/aromatic N) is 5. The number of hydrogen-bond acceptors (Lipinski definition) is 8. The van der Waals surface area contributed by atoms with E-state index in [1.165, 1.54) is 41.2 Å². The quantitative estimate of drug-likeness (QED) is 0.469. The van der Waals surface area contributed by atoms with Gasteiger partial charge in [-0.2, -0.15) is 0 Å². The summed E-state index contributed by atoms with van der Waals surface area (Å²) in [7, 11) is 1.76. The van der Waals surface area contributed by atoms with Gasteiger partial charge in [0.25, 0.3) is 0 Å². The van der Waals surface area contributed by atoms with Crippen LogP contribution in [-0.4, -0.2) is 93.4 Å². The van der Waals surface area contributed by atoms with Crippen LogP contribution in [0.2, 0.25) is 0 Å². The second kappa shape index (κ2) is 11.1. The van der Waals surface area contributed by atoms with Gasteiger partial charge in [-0.15, -0.1) is 13.2 Å². The Labute approximate surface area is 222 Å². The highest BCUT2D eigenvalue weighted by molar-refractivity contribution is 8.13. The third-order valence-electron chi connectivity index (χ3n) is 7.27. The zero-order valence-corrected chi connectivity index (χ0v) is 21.8. The SMILES string of the molecule is Cn1cnc(OC(=O)N(Cc2cccc(OC(F)(F)F)c2)CC2C3CN(CCN4CCSC(=O)C4)CC32)c1. The highest BCUT2D eigenvalue weighted by Gasteiger charge is 2.56. The molecular weight excluding hydrogens is 523 g/mol. The molecule has 1 aromatic carbocycles. The first-order valence-electron chi connectivity index (χ1n) is 12.5. The minimum Gasteiger partial charge on any atom is -0.406 e. The lowest BCUT2D eigenvalue weighted by atomic mass is 10.2. The number of carbonyl (C=O) groups is 2. The van der Waals surface area contributed by atoms with E-state index in [0.29, 0.717) is 36.4 Å². The monoisotopic (exact) mass is 553 g/mol. The molecule has 2 aliphatic heterocycles. The maximum Gasteiger partial charge on any atom is 0.573 e. The summed E-state index contributed by atoms with van der Waals surface area (Å²) in [6.45, 7) is 5.62. The zero-order chi connectivity index (χ0) is 26.9. The molecular formula is C25H30F3N5O4S.